The van der Waals surface area contributed by atoms with Gasteiger partial charge < -0.3 is 26.6 Å². The molecule has 7 aromatic carbocycles. The number of hydrogen-bond acceptors (Lipinski definition) is 17. The maximum Gasteiger partial charge on any atom is 0.420 e. The number of diazo groups is 1. The molecule has 0 amide bonds. The number of esters is 3. The molecule has 8 aromatic rings. The number of hydrazone groups is 1. The van der Waals surface area contributed by atoms with Gasteiger partial charge in [-0.15, -0.1) is 15.0 Å². The Bertz CT molecular complexity index is 3610. The van der Waals surface area contributed by atoms with Crippen LogP contribution in [-0.2, 0) is 34.3 Å². The number of carbonyl (C=O) groups excluding carboxylic acids is 4. The van der Waals surface area contributed by atoms with Crippen molar-refractivity contribution in [2.75, 3.05) is 21.3 Å². The number of carbonyl (C=O) groups is 4. The van der Waals surface area contributed by atoms with E-state index in [0.29, 0.717) is 39.4 Å². The molecule has 0 saturated carbocycles. The Hall–Kier alpha value is -9.59. The first-order valence-electron chi connectivity index (χ1n) is 21.7. The Morgan fingerprint density at radius 2 is 1.06 bits per heavy atom. The molecule has 1 heterocycles. The minimum atomic E-state index is -3.68. The van der Waals surface area contributed by atoms with Crippen LogP contribution in [0.15, 0.2) is 185 Å². The lowest BCUT2D eigenvalue weighted by molar-refractivity contribution is -0.0000698. The first-order valence-corrected chi connectivity index (χ1v) is 24.7. The second-order valence-electron chi connectivity index (χ2n) is 14.7. The van der Waals surface area contributed by atoms with Gasteiger partial charge in [0.25, 0.3) is 20.0 Å². The van der Waals surface area contributed by atoms with E-state index in [1.165, 1.54) is 57.9 Å². The summed E-state index contributed by atoms with van der Waals surface area (Å²) in [4.78, 5) is 51.5. The van der Waals surface area contributed by atoms with Gasteiger partial charge in [-0.25, -0.2) is 40.8 Å². The summed E-state index contributed by atoms with van der Waals surface area (Å²) >= 11 is 0. The van der Waals surface area contributed by atoms with Gasteiger partial charge >= 0.3 is 23.6 Å². The van der Waals surface area contributed by atoms with Crippen LogP contribution in [0.3, 0.4) is 0 Å². The van der Waals surface area contributed by atoms with Gasteiger partial charge in [-0.05, 0) is 89.6 Å². The summed E-state index contributed by atoms with van der Waals surface area (Å²) in [5.41, 5.74) is 2.73. The lowest BCUT2D eigenvalue weighted by atomic mass is 10.1. The number of aromatic nitrogens is 4. The fourth-order valence-corrected chi connectivity index (χ4v) is 7.10. The van der Waals surface area contributed by atoms with Crippen molar-refractivity contribution in [3.63, 3.8) is 0 Å². The molecule has 28 heteroatoms. The zero-order chi connectivity index (χ0) is 57.3. The van der Waals surface area contributed by atoms with Crippen molar-refractivity contribution in [1.82, 2.24) is 29.9 Å². The molecule has 0 aliphatic rings. The Labute approximate surface area is 454 Å². The first kappa shape index (κ1) is 63.7. The number of methoxy groups -OCH3 is 3. The largest absolute Gasteiger partial charge is 1.00 e. The van der Waals surface area contributed by atoms with Crippen molar-refractivity contribution in [1.29, 1.82) is 5.39 Å². The molecule has 0 bridgehead atoms. The van der Waals surface area contributed by atoms with E-state index < -0.39 is 61.2 Å². The molecular weight excluding hydrogens is 1100 g/mol. The number of hydrazine groups is 1. The SMILES string of the molecule is COC(=O)c1ccc(-c2nnn(-c3ccc(F)cc3F)n2)cc1.COC(=O)c1ccc(/C=N/NS(=O)(=O)c2ccccc2)cc1.COC(=O)c1ccc(C=O)cc1.N#[N+]c1ccc(F)cc1F.NNS(=O)(=O)c1ccccc1.[Cl-]. The molecule has 0 unspecified atom stereocenters. The van der Waals surface area contributed by atoms with E-state index in [1.807, 2.05) is 0 Å². The molecule has 0 atom stereocenters. The van der Waals surface area contributed by atoms with E-state index in [0.717, 1.165) is 35.3 Å². The number of benzene rings is 7. The van der Waals surface area contributed by atoms with E-state index in [1.54, 1.807) is 114 Å². The predicted molar refractivity (Wildman–Crippen MR) is 273 cm³/mol. The molecule has 1 aromatic heterocycles. The van der Waals surface area contributed by atoms with E-state index >= 15 is 0 Å². The molecule has 8 rings (SSSR count). The summed E-state index contributed by atoms with van der Waals surface area (Å²) in [5.74, 6) is 0.703. The van der Waals surface area contributed by atoms with Crippen LogP contribution in [-0.4, -0.2) is 88.8 Å². The summed E-state index contributed by atoms with van der Waals surface area (Å²) in [5, 5.41) is 23.4. The summed E-state index contributed by atoms with van der Waals surface area (Å²) in [6.45, 7) is 0. The molecular formula is C51H43ClF4N10O11S2. The zero-order valence-corrected chi connectivity index (χ0v) is 43.6. The number of nitrogens with one attached hydrogen (secondary N) is 2. The second kappa shape index (κ2) is 31.5. The quantitative estimate of drug-likeness (QED) is 0.0217. The molecule has 0 saturated heterocycles. The summed E-state index contributed by atoms with van der Waals surface area (Å²) in [6, 6.07) is 40.6. The number of halogens is 5. The molecule has 410 valence electrons. The fraction of sp³-hybridized carbons (Fsp3) is 0.0588. The lowest BCUT2D eigenvalue weighted by Crippen LogP contribution is -3.00. The Morgan fingerprint density at radius 1 is 0.620 bits per heavy atom. The van der Waals surface area contributed by atoms with Gasteiger partial charge in [0.05, 0.1) is 54.0 Å². The standard InChI is InChI=1S/C15H10F2N4O2.C15H14N2O4S.C9H8O3.C6H3F2N2.C6H8N2O2S.ClH/c1-23-15(22)10-4-2-9(3-5-10)14-18-20-21(19-14)13-7-6-11(16)8-12(13)17;1-21-15(18)13-9-7-12(8-10-13)11-16-17-22(19,20)14-5-3-2-4-6-14;1-12-9(11)8-4-2-7(6-10)3-5-8;7-4-1-2-6(10-9)5(8)3-4;7-8-11(9,10)6-4-2-1-3-5-6;/h2-8H,1H3;2-11,17H,1H3;2-6H,1H3;1-3H;1-5,8H,7H2;1H/q;;;+1;;/p-1/b;16-11+;;;;. The van der Waals surface area contributed by atoms with Crippen molar-refractivity contribution in [3.8, 4) is 17.1 Å². The van der Waals surface area contributed by atoms with Crippen molar-refractivity contribution >= 4 is 56.1 Å². The molecule has 4 N–H and O–H groups in total. The van der Waals surface area contributed by atoms with Gasteiger partial charge in [-0.1, -0.05) is 72.8 Å². The third kappa shape index (κ3) is 19.8. The average molecular weight is 1150 g/mol. The van der Waals surface area contributed by atoms with Crippen molar-refractivity contribution in [2.45, 2.75) is 9.79 Å². The molecule has 0 radical (unpaired) electrons. The highest BCUT2D eigenvalue weighted by atomic mass is 35.5. The number of ether oxygens (including phenoxy) is 3. The van der Waals surface area contributed by atoms with Gasteiger partial charge in [0.1, 0.15) is 23.6 Å². The highest BCUT2D eigenvalue weighted by molar-refractivity contribution is 7.89. The van der Waals surface area contributed by atoms with Crippen LogP contribution >= 0.6 is 0 Å². The molecule has 0 fully saturated rings. The molecule has 21 nitrogen and oxygen atoms in total. The lowest BCUT2D eigenvalue weighted by Gasteiger charge is -2.02. The van der Waals surface area contributed by atoms with E-state index in [2.05, 4.69) is 44.5 Å². The van der Waals surface area contributed by atoms with Gasteiger partial charge in [0.2, 0.25) is 17.0 Å². The second-order valence-corrected chi connectivity index (χ2v) is 18.1. The van der Waals surface area contributed by atoms with Crippen molar-refractivity contribution in [2.24, 2.45) is 10.9 Å². The van der Waals surface area contributed by atoms with Crippen molar-refractivity contribution in [3.05, 3.63) is 226 Å². The Morgan fingerprint density at radius 3 is 1.49 bits per heavy atom. The third-order valence-corrected chi connectivity index (χ3v) is 12.0. The molecule has 0 aliphatic carbocycles. The minimum Gasteiger partial charge on any atom is -1.00 e. The number of rotatable bonds is 12. The number of tetrazole rings is 1. The van der Waals surface area contributed by atoms with Crippen LogP contribution < -0.4 is 27.9 Å². The highest BCUT2D eigenvalue weighted by Crippen LogP contribution is 2.19. The van der Waals surface area contributed by atoms with Gasteiger partial charge in [0.15, 0.2) is 10.8 Å². The zero-order valence-electron chi connectivity index (χ0n) is 41.2. The Kier molecular flexibility index (Phi) is 25.4. The van der Waals surface area contributed by atoms with Crippen LogP contribution in [0.1, 0.15) is 47.0 Å². The van der Waals surface area contributed by atoms with Crippen LogP contribution in [0.4, 0.5) is 23.2 Å². The van der Waals surface area contributed by atoms with Gasteiger partial charge in [-0.2, -0.15) is 22.7 Å². The topological polar surface area (TPSA) is 298 Å². The molecule has 0 aliphatic heterocycles. The molecule has 0 spiro atoms. The normalized spacial score (nSPS) is 10.3. The summed E-state index contributed by atoms with van der Waals surface area (Å²) in [6.07, 6.45) is 2.07. The minimum absolute atomic E-state index is 0. The highest BCUT2D eigenvalue weighted by Gasteiger charge is 2.15. The summed E-state index contributed by atoms with van der Waals surface area (Å²) < 4.78 is 111. The average Bonchev–Trinajstić information content (AvgIpc) is 3.97. The van der Waals surface area contributed by atoms with E-state index in [9.17, 15) is 53.6 Å². The number of nitrogens with zero attached hydrogens (tertiary/aromatic N) is 7. The third-order valence-electron chi connectivity index (χ3n) is 9.57. The van der Waals surface area contributed by atoms with Crippen LogP contribution in [0, 0.1) is 28.7 Å². The first-order chi connectivity index (χ1) is 37.3. The fourth-order valence-electron chi connectivity index (χ4n) is 5.64. The number of nitrogens with two attached hydrogens (primary N) is 1. The van der Waals surface area contributed by atoms with Gasteiger partial charge in [0, 0.05) is 29.3 Å². The van der Waals surface area contributed by atoms with E-state index in [4.69, 9.17) is 11.2 Å². The maximum atomic E-state index is 13.7. The van der Waals surface area contributed by atoms with Crippen LogP contribution in [0.5, 0.6) is 0 Å². The van der Waals surface area contributed by atoms with Crippen molar-refractivity contribution < 1.29 is 80.2 Å². The maximum absolute atomic E-state index is 13.7. The van der Waals surface area contributed by atoms with E-state index in [-0.39, 0.29) is 39.4 Å². The smallest absolute Gasteiger partial charge is 0.420 e. The number of aldehydes is 1. The number of hydrogen-bond donors (Lipinski definition) is 3. The molecule has 79 heavy (non-hydrogen) atoms. The monoisotopic (exact) mass is 1150 g/mol. The Balaban J connectivity index is 0.000000270. The van der Waals surface area contributed by atoms with Gasteiger partial charge in [-0.3, -0.25) is 10.6 Å². The van der Waals surface area contributed by atoms with Crippen LogP contribution in [0.2, 0.25) is 0 Å². The predicted octanol–water partition coefficient (Wildman–Crippen LogP) is 4.76. The summed E-state index contributed by atoms with van der Waals surface area (Å²) in [7, 11) is -3.24. The number of sulfonamides is 2. The van der Waals surface area contributed by atoms with Crippen LogP contribution in [0.25, 0.3) is 22.1 Å².